The van der Waals surface area contributed by atoms with Gasteiger partial charge in [0.15, 0.2) is 0 Å². The van der Waals surface area contributed by atoms with Crippen LogP contribution in [0.4, 0.5) is 5.69 Å². The van der Waals surface area contributed by atoms with Crippen molar-refractivity contribution in [1.82, 2.24) is 0 Å². The molecule has 0 saturated carbocycles. The zero-order chi connectivity index (χ0) is 15.1. The minimum absolute atomic E-state index is 0.244. The summed E-state index contributed by atoms with van der Waals surface area (Å²) in [6.07, 6.45) is 2.16. The Morgan fingerprint density at radius 3 is 2.65 bits per heavy atom. The average Bonchev–Trinajstić information content (AvgIpc) is 2.37. The minimum Gasteiger partial charge on any atom is -0.467 e. The fraction of sp³-hybridized carbons (Fsp3) is 0.438. The fourth-order valence-corrected chi connectivity index (χ4v) is 3.18. The number of hydrogen-bond acceptors (Lipinski definition) is 3. The van der Waals surface area contributed by atoms with Gasteiger partial charge in [0.1, 0.15) is 6.04 Å². The van der Waals surface area contributed by atoms with Crippen molar-refractivity contribution in [1.29, 1.82) is 0 Å². The van der Waals surface area contributed by atoms with Gasteiger partial charge in [-0.05, 0) is 51.5 Å². The summed E-state index contributed by atoms with van der Waals surface area (Å²) in [4.78, 5) is 14.0. The highest BCUT2D eigenvalue weighted by Crippen LogP contribution is 2.41. The van der Waals surface area contributed by atoms with Gasteiger partial charge in [-0.1, -0.05) is 17.7 Å². The Kier molecular flexibility index (Phi) is 3.83. The van der Waals surface area contributed by atoms with Gasteiger partial charge in [-0.25, -0.2) is 4.79 Å². The summed E-state index contributed by atoms with van der Waals surface area (Å²) in [5, 5.41) is 0.696. The minimum atomic E-state index is -0.362. The number of hydrogen-bond donors (Lipinski definition) is 0. The van der Waals surface area contributed by atoms with Gasteiger partial charge < -0.3 is 9.64 Å². The van der Waals surface area contributed by atoms with E-state index in [1.165, 1.54) is 12.7 Å². The quantitative estimate of drug-likeness (QED) is 0.775. The fourth-order valence-electron chi connectivity index (χ4n) is 3.01. The molecule has 3 nitrogen and oxygen atoms in total. The van der Waals surface area contributed by atoms with Crippen LogP contribution in [-0.4, -0.2) is 24.7 Å². The van der Waals surface area contributed by atoms with Gasteiger partial charge in [0.05, 0.1) is 12.6 Å². The summed E-state index contributed by atoms with van der Waals surface area (Å²) in [5.41, 5.74) is 2.98. The standard InChI is InChI=1S/C16H20ClNO2/c1-10-9-16(3,4)18(11(2)15(19)20-5)14-7-6-12(17)8-13(10)14/h6-9,11H,1-5H3. The van der Waals surface area contributed by atoms with E-state index in [4.69, 9.17) is 16.3 Å². The number of fused-ring (bicyclic) bond motifs is 1. The van der Waals surface area contributed by atoms with E-state index < -0.39 is 0 Å². The molecule has 0 aromatic heterocycles. The number of esters is 1. The molecule has 1 unspecified atom stereocenters. The van der Waals surface area contributed by atoms with E-state index in [1.54, 1.807) is 0 Å². The van der Waals surface area contributed by atoms with Crippen LogP contribution in [0.2, 0.25) is 5.02 Å². The lowest BCUT2D eigenvalue weighted by atomic mass is 9.87. The van der Waals surface area contributed by atoms with Gasteiger partial charge in [0, 0.05) is 16.3 Å². The predicted molar refractivity (Wildman–Crippen MR) is 83.1 cm³/mol. The Balaban J connectivity index is 2.59. The second-order valence-corrected chi connectivity index (χ2v) is 6.15. The Morgan fingerprint density at radius 2 is 2.05 bits per heavy atom. The van der Waals surface area contributed by atoms with Gasteiger partial charge in [0.2, 0.25) is 0 Å². The van der Waals surface area contributed by atoms with Crippen molar-refractivity contribution in [2.75, 3.05) is 12.0 Å². The first-order valence-corrected chi connectivity index (χ1v) is 7.02. The Bertz CT molecular complexity index is 578. The molecule has 2 rings (SSSR count). The third-order valence-corrected chi connectivity index (χ3v) is 4.00. The third kappa shape index (κ3) is 2.42. The van der Waals surface area contributed by atoms with Crippen LogP contribution in [0.3, 0.4) is 0 Å². The Morgan fingerprint density at radius 1 is 1.40 bits per heavy atom. The SMILES string of the molecule is COC(=O)C(C)N1c2ccc(Cl)cc2C(C)=CC1(C)C. The lowest BCUT2D eigenvalue weighted by Gasteiger charge is -2.45. The highest BCUT2D eigenvalue weighted by Gasteiger charge is 2.37. The van der Waals surface area contributed by atoms with Crippen molar-refractivity contribution in [3.05, 3.63) is 34.9 Å². The normalized spacial score (nSPS) is 18.1. The van der Waals surface area contributed by atoms with Gasteiger partial charge in [-0.15, -0.1) is 0 Å². The lowest BCUT2D eigenvalue weighted by Crippen LogP contribution is -2.53. The molecular weight excluding hydrogens is 274 g/mol. The van der Waals surface area contributed by atoms with Crippen LogP contribution in [0.25, 0.3) is 5.57 Å². The lowest BCUT2D eigenvalue weighted by molar-refractivity contribution is -0.142. The number of carbonyl (C=O) groups is 1. The van der Waals surface area contributed by atoms with Crippen LogP contribution in [0, 0.1) is 0 Å². The first kappa shape index (κ1) is 14.9. The van der Waals surface area contributed by atoms with E-state index in [0.29, 0.717) is 5.02 Å². The molecule has 108 valence electrons. The number of methoxy groups -OCH3 is 1. The predicted octanol–water partition coefficient (Wildman–Crippen LogP) is 3.90. The molecule has 20 heavy (non-hydrogen) atoms. The van der Waals surface area contributed by atoms with E-state index in [2.05, 4.69) is 31.7 Å². The molecule has 1 aromatic carbocycles. The summed E-state index contributed by atoms with van der Waals surface area (Å²) >= 11 is 6.09. The van der Waals surface area contributed by atoms with Crippen molar-refractivity contribution < 1.29 is 9.53 Å². The number of benzene rings is 1. The molecule has 0 saturated heterocycles. The van der Waals surface area contributed by atoms with E-state index in [0.717, 1.165) is 11.3 Å². The van der Waals surface area contributed by atoms with E-state index in [-0.39, 0.29) is 17.6 Å². The number of ether oxygens (including phenoxy) is 1. The van der Waals surface area contributed by atoms with Crippen LogP contribution in [0.5, 0.6) is 0 Å². The maximum absolute atomic E-state index is 11.9. The second-order valence-electron chi connectivity index (χ2n) is 5.71. The molecule has 1 aromatic rings. The Hall–Kier alpha value is -1.48. The zero-order valence-electron chi connectivity index (χ0n) is 12.5. The number of nitrogens with zero attached hydrogens (tertiary/aromatic N) is 1. The molecule has 0 amide bonds. The number of allylic oxidation sites excluding steroid dienone is 1. The van der Waals surface area contributed by atoms with E-state index in [9.17, 15) is 4.79 Å². The van der Waals surface area contributed by atoms with Crippen LogP contribution in [0.1, 0.15) is 33.3 Å². The Labute approximate surface area is 125 Å². The van der Waals surface area contributed by atoms with Crippen molar-refractivity contribution in [2.45, 2.75) is 39.3 Å². The van der Waals surface area contributed by atoms with Gasteiger partial charge in [-0.2, -0.15) is 0 Å². The second kappa shape index (κ2) is 5.13. The monoisotopic (exact) mass is 293 g/mol. The molecular formula is C16H20ClNO2. The molecule has 0 N–H and O–H groups in total. The van der Waals surface area contributed by atoms with Crippen molar-refractivity contribution in [2.24, 2.45) is 0 Å². The molecule has 0 bridgehead atoms. The summed E-state index contributed by atoms with van der Waals surface area (Å²) in [6, 6.07) is 5.40. The maximum atomic E-state index is 11.9. The summed E-state index contributed by atoms with van der Waals surface area (Å²) in [7, 11) is 1.42. The molecule has 1 atom stereocenters. The highest BCUT2D eigenvalue weighted by molar-refractivity contribution is 6.30. The number of carbonyl (C=O) groups excluding carboxylic acids is 1. The van der Waals surface area contributed by atoms with Crippen molar-refractivity contribution in [3.8, 4) is 0 Å². The molecule has 1 aliphatic heterocycles. The summed E-state index contributed by atoms with van der Waals surface area (Å²) in [6.45, 7) is 8.11. The van der Waals surface area contributed by atoms with Gasteiger partial charge in [0.25, 0.3) is 0 Å². The summed E-state index contributed by atoms with van der Waals surface area (Å²) < 4.78 is 4.90. The number of rotatable bonds is 2. The van der Waals surface area contributed by atoms with Gasteiger partial charge in [-0.3, -0.25) is 0 Å². The smallest absolute Gasteiger partial charge is 0.328 e. The van der Waals surface area contributed by atoms with Gasteiger partial charge >= 0.3 is 5.97 Å². The summed E-state index contributed by atoms with van der Waals surface area (Å²) in [5.74, 6) is -0.244. The van der Waals surface area contributed by atoms with Crippen LogP contribution in [0.15, 0.2) is 24.3 Å². The first-order chi connectivity index (χ1) is 9.27. The maximum Gasteiger partial charge on any atom is 0.328 e. The number of halogens is 1. The van der Waals surface area contributed by atoms with Crippen molar-refractivity contribution >= 4 is 28.8 Å². The topological polar surface area (TPSA) is 29.5 Å². The van der Waals surface area contributed by atoms with Crippen molar-refractivity contribution in [3.63, 3.8) is 0 Å². The molecule has 1 aliphatic rings. The molecule has 0 radical (unpaired) electrons. The first-order valence-electron chi connectivity index (χ1n) is 6.64. The zero-order valence-corrected chi connectivity index (χ0v) is 13.3. The largest absolute Gasteiger partial charge is 0.467 e. The average molecular weight is 294 g/mol. The molecule has 1 heterocycles. The third-order valence-electron chi connectivity index (χ3n) is 3.76. The van der Waals surface area contributed by atoms with Crippen LogP contribution < -0.4 is 4.90 Å². The van der Waals surface area contributed by atoms with Crippen LogP contribution >= 0.6 is 11.6 Å². The van der Waals surface area contributed by atoms with Crippen LogP contribution in [-0.2, 0) is 9.53 Å². The molecule has 4 heteroatoms. The molecule has 0 fully saturated rings. The molecule has 0 aliphatic carbocycles. The van der Waals surface area contributed by atoms with E-state index >= 15 is 0 Å². The number of anilines is 1. The van der Waals surface area contributed by atoms with E-state index in [1.807, 2.05) is 25.1 Å². The highest BCUT2D eigenvalue weighted by atomic mass is 35.5. The molecule has 0 spiro atoms.